The maximum absolute atomic E-state index is 12.8. The topological polar surface area (TPSA) is 76.7 Å². The fraction of sp³-hybridized carbons (Fsp3) is 0.212. The van der Waals surface area contributed by atoms with Gasteiger partial charge in [0.15, 0.2) is 0 Å². The van der Waals surface area contributed by atoms with Crippen molar-refractivity contribution in [2.75, 3.05) is 10.6 Å². The number of hydrogen-bond acceptors (Lipinski definition) is 4. The molecule has 0 radical (unpaired) electrons. The lowest BCUT2D eigenvalue weighted by Gasteiger charge is -2.14. The van der Waals surface area contributed by atoms with Gasteiger partial charge in [-0.05, 0) is 93.8 Å². The van der Waals surface area contributed by atoms with Gasteiger partial charge < -0.3 is 20.1 Å². The molecule has 0 atom stereocenters. The third-order valence-corrected chi connectivity index (χ3v) is 5.82. The number of amides is 2. The van der Waals surface area contributed by atoms with Gasteiger partial charge in [-0.15, -0.1) is 0 Å². The maximum Gasteiger partial charge on any atom is 0.259 e. The molecule has 0 aromatic heterocycles. The Morgan fingerprint density at radius 3 is 1.28 bits per heavy atom. The Kier molecular flexibility index (Phi) is 9.00. The number of para-hydroxylation sites is 2. The first-order chi connectivity index (χ1) is 18.8. The van der Waals surface area contributed by atoms with E-state index in [0.29, 0.717) is 34.0 Å². The van der Waals surface area contributed by atoms with Crippen LogP contribution < -0.4 is 20.1 Å². The van der Waals surface area contributed by atoms with Gasteiger partial charge in [0.25, 0.3) is 11.8 Å². The van der Waals surface area contributed by atoms with Gasteiger partial charge in [-0.3, -0.25) is 9.59 Å². The second-order valence-corrected chi connectivity index (χ2v) is 9.80. The minimum atomic E-state index is -0.213. The Morgan fingerprint density at radius 1 is 0.564 bits per heavy atom. The summed E-state index contributed by atoms with van der Waals surface area (Å²) in [5, 5.41) is 5.90. The van der Waals surface area contributed by atoms with Crippen LogP contribution in [0.3, 0.4) is 0 Å². The van der Waals surface area contributed by atoms with E-state index in [2.05, 4.69) is 10.6 Å². The molecule has 4 rings (SSSR count). The molecule has 4 aromatic carbocycles. The molecule has 2 N–H and O–H groups in total. The van der Waals surface area contributed by atoms with E-state index in [1.807, 2.05) is 100 Å². The van der Waals surface area contributed by atoms with Gasteiger partial charge in [0, 0.05) is 11.4 Å². The fourth-order valence-electron chi connectivity index (χ4n) is 4.07. The van der Waals surface area contributed by atoms with Crippen molar-refractivity contribution in [1.29, 1.82) is 0 Å². The van der Waals surface area contributed by atoms with Crippen LogP contribution in [0.1, 0.15) is 59.5 Å². The average molecular weight is 523 g/mol. The average Bonchev–Trinajstić information content (AvgIpc) is 2.91. The summed E-state index contributed by atoms with van der Waals surface area (Å²) in [7, 11) is 0. The molecular weight excluding hydrogens is 488 g/mol. The number of rotatable bonds is 10. The number of carbonyl (C=O) groups is 2. The Morgan fingerprint density at radius 2 is 0.923 bits per heavy atom. The zero-order chi connectivity index (χ0) is 27.8. The molecule has 39 heavy (non-hydrogen) atoms. The second-order valence-electron chi connectivity index (χ2n) is 9.80. The van der Waals surface area contributed by atoms with Gasteiger partial charge in [0.1, 0.15) is 11.5 Å². The van der Waals surface area contributed by atoms with Crippen molar-refractivity contribution in [1.82, 2.24) is 0 Å². The number of nitrogens with one attached hydrogen (secondary N) is 2. The number of ether oxygens (including phenoxy) is 2. The SMILES string of the molecule is CC(C)Oc1ccccc1C(=O)Nc1ccc(Cc2ccc(NC(=O)c3ccccc3OC(C)C)cc2)cc1. The van der Waals surface area contributed by atoms with Crippen molar-refractivity contribution in [3.8, 4) is 11.5 Å². The van der Waals surface area contributed by atoms with Crippen LogP contribution in [0.15, 0.2) is 97.1 Å². The molecule has 2 amide bonds. The van der Waals surface area contributed by atoms with Crippen molar-refractivity contribution < 1.29 is 19.1 Å². The van der Waals surface area contributed by atoms with E-state index in [1.54, 1.807) is 24.3 Å². The van der Waals surface area contributed by atoms with E-state index >= 15 is 0 Å². The van der Waals surface area contributed by atoms with Crippen LogP contribution in [-0.2, 0) is 6.42 Å². The lowest BCUT2D eigenvalue weighted by atomic mass is 10.0. The molecule has 0 unspecified atom stereocenters. The van der Waals surface area contributed by atoms with E-state index in [1.165, 1.54) is 0 Å². The van der Waals surface area contributed by atoms with Crippen LogP contribution >= 0.6 is 0 Å². The molecule has 0 aliphatic rings. The summed E-state index contributed by atoms with van der Waals surface area (Å²) in [4.78, 5) is 25.7. The second kappa shape index (κ2) is 12.8. The van der Waals surface area contributed by atoms with Gasteiger partial charge in [-0.1, -0.05) is 48.5 Å². The third-order valence-electron chi connectivity index (χ3n) is 5.82. The summed E-state index contributed by atoms with van der Waals surface area (Å²) in [5.41, 5.74) is 4.63. The molecule has 0 bridgehead atoms. The van der Waals surface area contributed by atoms with Crippen molar-refractivity contribution in [2.24, 2.45) is 0 Å². The van der Waals surface area contributed by atoms with E-state index in [9.17, 15) is 9.59 Å². The molecule has 6 heteroatoms. The van der Waals surface area contributed by atoms with Crippen LogP contribution in [0, 0.1) is 0 Å². The van der Waals surface area contributed by atoms with Crippen molar-refractivity contribution in [3.05, 3.63) is 119 Å². The van der Waals surface area contributed by atoms with E-state index in [4.69, 9.17) is 9.47 Å². The van der Waals surface area contributed by atoms with E-state index in [0.717, 1.165) is 17.5 Å². The summed E-state index contributed by atoms with van der Waals surface area (Å²) in [6.07, 6.45) is 0.674. The van der Waals surface area contributed by atoms with Gasteiger partial charge in [0.05, 0.1) is 23.3 Å². The first-order valence-electron chi connectivity index (χ1n) is 13.1. The van der Waals surface area contributed by atoms with Gasteiger partial charge in [-0.25, -0.2) is 0 Å². The van der Waals surface area contributed by atoms with Crippen molar-refractivity contribution in [3.63, 3.8) is 0 Å². The molecule has 0 saturated carbocycles. The van der Waals surface area contributed by atoms with Crippen LogP contribution in [0.4, 0.5) is 11.4 Å². The Hall–Kier alpha value is -4.58. The zero-order valence-electron chi connectivity index (χ0n) is 22.7. The molecule has 200 valence electrons. The Labute approximate surface area is 230 Å². The fourth-order valence-corrected chi connectivity index (χ4v) is 4.07. The van der Waals surface area contributed by atoms with Crippen LogP contribution in [0.2, 0.25) is 0 Å². The number of carbonyl (C=O) groups excluding carboxylic acids is 2. The minimum Gasteiger partial charge on any atom is -0.490 e. The van der Waals surface area contributed by atoms with Crippen LogP contribution in [0.25, 0.3) is 0 Å². The lowest BCUT2D eigenvalue weighted by Crippen LogP contribution is -2.15. The first kappa shape index (κ1) is 27.5. The number of hydrogen-bond donors (Lipinski definition) is 2. The first-order valence-corrected chi connectivity index (χ1v) is 13.1. The highest BCUT2D eigenvalue weighted by atomic mass is 16.5. The maximum atomic E-state index is 12.8. The third kappa shape index (κ3) is 7.71. The van der Waals surface area contributed by atoms with Crippen LogP contribution in [-0.4, -0.2) is 24.0 Å². The molecular formula is C33H34N2O4. The Balaban J connectivity index is 1.35. The largest absolute Gasteiger partial charge is 0.490 e. The summed E-state index contributed by atoms with van der Waals surface area (Å²) < 4.78 is 11.5. The predicted octanol–water partition coefficient (Wildman–Crippen LogP) is 7.36. The molecule has 6 nitrogen and oxygen atoms in total. The summed E-state index contributed by atoms with van der Waals surface area (Å²) >= 11 is 0. The molecule has 0 fully saturated rings. The van der Waals surface area contributed by atoms with Gasteiger partial charge >= 0.3 is 0 Å². The number of benzene rings is 4. The lowest BCUT2D eigenvalue weighted by molar-refractivity contribution is 0.101. The van der Waals surface area contributed by atoms with Crippen molar-refractivity contribution >= 4 is 23.2 Å². The summed E-state index contributed by atoms with van der Waals surface area (Å²) in [6.45, 7) is 7.72. The highest BCUT2D eigenvalue weighted by molar-refractivity contribution is 6.06. The van der Waals surface area contributed by atoms with Crippen LogP contribution in [0.5, 0.6) is 11.5 Å². The molecule has 0 spiro atoms. The van der Waals surface area contributed by atoms with Crippen molar-refractivity contribution in [2.45, 2.75) is 46.3 Å². The monoisotopic (exact) mass is 522 g/mol. The highest BCUT2D eigenvalue weighted by Crippen LogP contribution is 2.23. The van der Waals surface area contributed by atoms with Gasteiger partial charge in [-0.2, -0.15) is 0 Å². The molecule has 4 aromatic rings. The molecule has 0 aliphatic carbocycles. The highest BCUT2D eigenvalue weighted by Gasteiger charge is 2.15. The predicted molar refractivity (Wildman–Crippen MR) is 156 cm³/mol. The Bertz CT molecular complexity index is 1300. The summed E-state index contributed by atoms with van der Waals surface area (Å²) in [5.74, 6) is 0.703. The minimum absolute atomic E-state index is 0.0235. The van der Waals surface area contributed by atoms with Gasteiger partial charge in [0.2, 0.25) is 0 Å². The smallest absolute Gasteiger partial charge is 0.259 e. The van der Waals surface area contributed by atoms with E-state index in [-0.39, 0.29) is 24.0 Å². The summed E-state index contributed by atoms with van der Waals surface area (Å²) in [6, 6.07) is 30.0. The normalized spacial score (nSPS) is 10.8. The quantitative estimate of drug-likeness (QED) is 0.228. The standard InChI is InChI=1S/C33H34N2O4/c1-22(2)38-30-11-7-5-9-28(30)32(36)34-26-17-13-24(14-18-26)21-25-15-19-27(20-16-25)35-33(37)29-10-6-8-12-31(29)39-23(3)4/h5-20,22-23H,21H2,1-4H3,(H,34,36)(H,35,37). The van der Waals surface area contributed by atoms with E-state index < -0.39 is 0 Å². The zero-order valence-corrected chi connectivity index (χ0v) is 22.7. The number of anilines is 2. The molecule has 0 heterocycles. The molecule has 0 saturated heterocycles. The molecule has 0 aliphatic heterocycles.